The van der Waals surface area contributed by atoms with Crippen LogP contribution in [0.2, 0.25) is 0 Å². The zero-order valence-electron chi connectivity index (χ0n) is 15.6. The van der Waals surface area contributed by atoms with Crippen molar-refractivity contribution in [1.82, 2.24) is 9.88 Å². The van der Waals surface area contributed by atoms with Crippen LogP contribution in [0.5, 0.6) is 0 Å². The first-order valence-corrected chi connectivity index (χ1v) is 8.96. The van der Waals surface area contributed by atoms with Gasteiger partial charge in [0, 0.05) is 37.1 Å². The zero-order chi connectivity index (χ0) is 18.0. The van der Waals surface area contributed by atoms with Gasteiger partial charge in [-0.3, -0.25) is 14.7 Å². The lowest BCUT2D eigenvalue weighted by Crippen LogP contribution is -2.41. The lowest BCUT2D eigenvalue weighted by molar-refractivity contribution is -0.121. The third-order valence-electron chi connectivity index (χ3n) is 5.06. The number of hydrogen-bond acceptors (Lipinski definition) is 3. The van der Waals surface area contributed by atoms with Crippen molar-refractivity contribution in [2.24, 2.45) is 0 Å². The molecule has 0 N–H and O–H groups in total. The van der Waals surface area contributed by atoms with Crippen LogP contribution in [0.4, 0.5) is 5.69 Å². The molecule has 4 nitrogen and oxygen atoms in total. The number of aromatic nitrogens is 1. The Morgan fingerprint density at radius 1 is 1.20 bits per heavy atom. The van der Waals surface area contributed by atoms with Crippen molar-refractivity contribution in [3.8, 4) is 0 Å². The minimum absolute atomic E-state index is 0.0381. The van der Waals surface area contributed by atoms with Crippen LogP contribution in [0.3, 0.4) is 0 Å². The summed E-state index contributed by atoms with van der Waals surface area (Å²) in [6, 6.07) is 10.3. The molecule has 2 heterocycles. The highest BCUT2D eigenvalue weighted by atomic mass is 16.2. The third-order valence-corrected chi connectivity index (χ3v) is 5.06. The summed E-state index contributed by atoms with van der Waals surface area (Å²) in [6.07, 6.45) is 3.56. The molecule has 0 spiro atoms. The third kappa shape index (κ3) is 3.74. The summed E-state index contributed by atoms with van der Waals surface area (Å²) in [6.45, 7) is 7.93. The minimum atomic E-state index is -0.0381. The molecule has 0 saturated carbocycles. The predicted molar refractivity (Wildman–Crippen MR) is 102 cm³/mol. The Morgan fingerprint density at radius 3 is 2.56 bits per heavy atom. The summed E-state index contributed by atoms with van der Waals surface area (Å²) in [7, 11) is 2.05. The summed E-state index contributed by atoms with van der Waals surface area (Å²) in [5.74, 6) is 0.221. The highest BCUT2D eigenvalue weighted by Gasteiger charge is 2.36. The van der Waals surface area contributed by atoms with Crippen LogP contribution < -0.4 is 4.90 Å². The Bertz CT molecular complexity index is 734. The van der Waals surface area contributed by atoms with E-state index < -0.39 is 0 Å². The number of benzene rings is 1. The van der Waals surface area contributed by atoms with E-state index in [1.54, 1.807) is 0 Å². The molecule has 1 fully saturated rings. The van der Waals surface area contributed by atoms with Crippen molar-refractivity contribution >= 4 is 11.6 Å². The van der Waals surface area contributed by atoms with Crippen molar-refractivity contribution in [3.05, 3.63) is 58.9 Å². The molecule has 132 valence electrons. The van der Waals surface area contributed by atoms with Crippen LogP contribution in [0.25, 0.3) is 0 Å². The van der Waals surface area contributed by atoms with Crippen LogP contribution in [-0.4, -0.2) is 42.0 Å². The number of aryl methyl sites for hydroxylation is 3. The maximum atomic E-state index is 13.0. The van der Waals surface area contributed by atoms with Crippen molar-refractivity contribution in [1.29, 1.82) is 0 Å². The highest BCUT2D eigenvalue weighted by Crippen LogP contribution is 2.31. The molecule has 0 bridgehead atoms. The summed E-state index contributed by atoms with van der Waals surface area (Å²) in [5.41, 5.74) is 5.78. The van der Waals surface area contributed by atoms with Gasteiger partial charge in [0.05, 0.1) is 6.04 Å². The van der Waals surface area contributed by atoms with Gasteiger partial charge >= 0.3 is 0 Å². The second kappa shape index (κ2) is 7.36. The van der Waals surface area contributed by atoms with Crippen molar-refractivity contribution in [2.45, 2.75) is 39.7 Å². The molecule has 1 atom stereocenters. The number of hydrogen-bond donors (Lipinski definition) is 0. The Kier molecular flexibility index (Phi) is 5.19. The predicted octanol–water partition coefficient (Wildman–Crippen LogP) is 3.29. The first-order valence-electron chi connectivity index (χ1n) is 8.96. The van der Waals surface area contributed by atoms with Crippen molar-refractivity contribution < 1.29 is 4.79 Å². The Morgan fingerprint density at radius 2 is 1.92 bits per heavy atom. The van der Waals surface area contributed by atoms with E-state index in [1.165, 1.54) is 16.7 Å². The molecule has 1 aliphatic rings. The molecule has 1 aliphatic heterocycles. The number of nitrogens with zero attached hydrogens (tertiary/aromatic N) is 3. The van der Waals surface area contributed by atoms with Crippen LogP contribution in [-0.2, 0) is 11.2 Å². The summed E-state index contributed by atoms with van der Waals surface area (Å²) in [4.78, 5) is 21.5. The monoisotopic (exact) mass is 337 g/mol. The Hall–Kier alpha value is -2.20. The van der Waals surface area contributed by atoms with Crippen LogP contribution >= 0.6 is 0 Å². The van der Waals surface area contributed by atoms with E-state index in [-0.39, 0.29) is 11.9 Å². The summed E-state index contributed by atoms with van der Waals surface area (Å²) < 4.78 is 0. The summed E-state index contributed by atoms with van der Waals surface area (Å²) >= 11 is 0. The number of likely N-dealkylation sites (N-methyl/N-ethyl adjacent to an activating group) is 1. The van der Waals surface area contributed by atoms with Gasteiger partial charge in [-0.25, -0.2) is 0 Å². The van der Waals surface area contributed by atoms with Gasteiger partial charge in [-0.1, -0.05) is 23.8 Å². The quantitative estimate of drug-likeness (QED) is 0.840. The van der Waals surface area contributed by atoms with Gasteiger partial charge in [-0.05, 0) is 57.5 Å². The van der Waals surface area contributed by atoms with Crippen LogP contribution in [0.15, 0.2) is 36.5 Å². The second-order valence-corrected chi connectivity index (χ2v) is 7.09. The molecule has 1 amide bonds. The molecule has 1 saturated heterocycles. The normalized spacial score (nSPS) is 17.6. The molecular weight excluding hydrogens is 310 g/mol. The van der Waals surface area contributed by atoms with Gasteiger partial charge in [-0.2, -0.15) is 0 Å². The average molecular weight is 337 g/mol. The van der Waals surface area contributed by atoms with Gasteiger partial charge in [0.2, 0.25) is 5.91 Å². The molecule has 1 aromatic carbocycles. The second-order valence-electron chi connectivity index (χ2n) is 7.09. The fraction of sp³-hybridized carbons (Fsp3) is 0.429. The zero-order valence-corrected chi connectivity index (χ0v) is 15.6. The number of pyridine rings is 1. The van der Waals surface area contributed by atoms with E-state index in [4.69, 9.17) is 0 Å². The lowest BCUT2D eigenvalue weighted by atomic mass is 10.0. The average Bonchev–Trinajstić information content (AvgIpc) is 2.94. The molecule has 0 radical (unpaired) electrons. The van der Waals surface area contributed by atoms with Gasteiger partial charge in [-0.15, -0.1) is 0 Å². The number of rotatable bonds is 5. The van der Waals surface area contributed by atoms with Gasteiger partial charge in [0.25, 0.3) is 0 Å². The largest absolute Gasteiger partial charge is 0.310 e. The molecule has 2 aromatic rings. The highest BCUT2D eigenvalue weighted by molar-refractivity contribution is 6.00. The minimum Gasteiger partial charge on any atom is -0.310 e. The number of anilines is 1. The van der Waals surface area contributed by atoms with E-state index in [0.717, 1.165) is 37.3 Å². The van der Waals surface area contributed by atoms with Gasteiger partial charge < -0.3 is 4.90 Å². The molecular formula is C21H27N3O. The topological polar surface area (TPSA) is 36.4 Å². The van der Waals surface area contributed by atoms with Crippen LogP contribution in [0.1, 0.15) is 28.8 Å². The lowest BCUT2D eigenvalue weighted by Gasteiger charge is -2.25. The van der Waals surface area contributed by atoms with Crippen LogP contribution in [0, 0.1) is 20.8 Å². The van der Waals surface area contributed by atoms with E-state index in [1.807, 2.05) is 36.3 Å². The number of carbonyl (C=O) groups excluding carboxylic acids is 1. The molecule has 25 heavy (non-hydrogen) atoms. The first-order chi connectivity index (χ1) is 12.0. The first kappa shape index (κ1) is 17.6. The van der Waals surface area contributed by atoms with E-state index >= 15 is 0 Å². The smallest absolute Gasteiger partial charge is 0.244 e. The van der Waals surface area contributed by atoms with E-state index in [0.29, 0.717) is 0 Å². The standard InChI is InChI=1S/C21H27N3O/c1-15-13-16(2)20(17(3)14-15)24-12-9-19(21(24)25)23(4)11-8-18-7-5-6-10-22-18/h5-7,10,13-14,19H,8-9,11-12H2,1-4H3. The van der Waals surface area contributed by atoms with Crippen molar-refractivity contribution in [2.75, 3.05) is 25.0 Å². The maximum Gasteiger partial charge on any atom is 0.244 e. The fourth-order valence-electron chi connectivity index (χ4n) is 3.89. The maximum absolute atomic E-state index is 13.0. The molecule has 0 aliphatic carbocycles. The van der Waals surface area contributed by atoms with Gasteiger partial charge in [0.1, 0.15) is 0 Å². The molecule has 4 heteroatoms. The molecule has 3 rings (SSSR count). The molecule has 1 unspecified atom stereocenters. The summed E-state index contributed by atoms with van der Waals surface area (Å²) in [5, 5.41) is 0. The Balaban J connectivity index is 1.69. The van der Waals surface area contributed by atoms with Gasteiger partial charge in [0.15, 0.2) is 0 Å². The SMILES string of the molecule is Cc1cc(C)c(N2CCC(N(C)CCc3ccccn3)C2=O)c(C)c1. The fourth-order valence-corrected chi connectivity index (χ4v) is 3.89. The van der Waals surface area contributed by atoms with Crippen molar-refractivity contribution in [3.63, 3.8) is 0 Å². The van der Waals surface area contributed by atoms with E-state index in [9.17, 15) is 4.79 Å². The Labute approximate surface area is 150 Å². The van der Waals surface area contributed by atoms with E-state index in [2.05, 4.69) is 42.8 Å². The number of carbonyl (C=O) groups is 1. The number of amides is 1. The molecule has 1 aromatic heterocycles.